The molecule has 0 aromatic heterocycles. The molecule has 0 heterocycles. The molecule has 156 valence electrons. The van der Waals surface area contributed by atoms with Crippen LogP contribution in [0.5, 0.6) is 17.2 Å². The summed E-state index contributed by atoms with van der Waals surface area (Å²) in [5.41, 5.74) is 0.647. The minimum absolute atomic E-state index is 0.0751. The van der Waals surface area contributed by atoms with Crippen molar-refractivity contribution in [1.29, 1.82) is 0 Å². The first-order valence-electron chi connectivity index (χ1n) is 10.1. The molecule has 0 aliphatic rings. The first-order chi connectivity index (χ1) is 15.3. The first kappa shape index (κ1) is 20.3. The Morgan fingerprint density at radius 1 is 0.613 bits per heavy atom. The molecule has 5 heteroatoms. The van der Waals surface area contributed by atoms with Gasteiger partial charge in [0.05, 0.1) is 0 Å². The van der Waals surface area contributed by atoms with Gasteiger partial charge in [0.15, 0.2) is 6.61 Å². The highest BCUT2D eigenvalue weighted by Crippen LogP contribution is 2.21. The fourth-order valence-corrected chi connectivity index (χ4v) is 3.10. The fraction of sp³-hybridized carbons (Fsp3) is 0.115. The van der Waals surface area contributed by atoms with E-state index < -0.39 is 0 Å². The molecule has 0 aliphatic heterocycles. The predicted molar refractivity (Wildman–Crippen MR) is 122 cm³/mol. The number of hydrogen-bond donors (Lipinski definition) is 1. The number of carbonyl (C=O) groups is 1. The summed E-state index contributed by atoms with van der Waals surface area (Å²) < 4.78 is 17.0. The van der Waals surface area contributed by atoms with Gasteiger partial charge >= 0.3 is 0 Å². The van der Waals surface area contributed by atoms with E-state index in [9.17, 15) is 4.79 Å². The number of rotatable bonds is 9. The molecule has 4 aromatic rings. The van der Waals surface area contributed by atoms with Crippen LogP contribution in [0.4, 0.5) is 5.69 Å². The molecule has 4 rings (SSSR count). The van der Waals surface area contributed by atoms with Crippen LogP contribution in [0.1, 0.15) is 0 Å². The average molecular weight is 413 g/mol. The molecule has 0 fully saturated rings. The van der Waals surface area contributed by atoms with Crippen LogP contribution < -0.4 is 19.5 Å². The molecule has 0 unspecified atom stereocenters. The van der Waals surface area contributed by atoms with Gasteiger partial charge in [-0.25, -0.2) is 0 Å². The van der Waals surface area contributed by atoms with Gasteiger partial charge in [-0.2, -0.15) is 0 Å². The van der Waals surface area contributed by atoms with Crippen molar-refractivity contribution in [2.75, 3.05) is 25.1 Å². The van der Waals surface area contributed by atoms with Crippen molar-refractivity contribution in [1.82, 2.24) is 0 Å². The standard InChI is InChI=1S/C26H23NO4/c28-26(19-31-25-14-13-20-7-4-5-8-21(20)17-25)27-22-9-6-12-24(18-22)30-16-15-29-23-10-2-1-3-11-23/h1-14,17-18H,15-16,19H2,(H,27,28). The van der Waals surface area contributed by atoms with Crippen molar-refractivity contribution >= 4 is 22.4 Å². The van der Waals surface area contributed by atoms with Crippen LogP contribution in [0.2, 0.25) is 0 Å². The lowest BCUT2D eigenvalue weighted by atomic mass is 10.1. The third-order valence-electron chi connectivity index (χ3n) is 4.57. The Labute approximate surface area is 181 Å². The van der Waals surface area contributed by atoms with E-state index in [0.29, 0.717) is 30.4 Å². The normalized spacial score (nSPS) is 10.5. The number of nitrogens with one attached hydrogen (secondary N) is 1. The second-order valence-corrected chi connectivity index (χ2v) is 6.88. The minimum atomic E-state index is -0.238. The number of amides is 1. The maximum absolute atomic E-state index is 12.3. The van der Waals surface area contributed by atoms with Crippen LogP contribution >= 0.6 is 0 Å². The van der Waals surface area contributed by atoms with Crippen molar-refractivity contribution in [2.24, 2.45) is 0 Å². The molecule has 1 amide bonds. The van der Waals surface area contributed by atoms with Gasteiger partial charge in [0.2, 0.25) is 0 Å². The molecule has 0 bridgehead atoms. The Morgan fingerprint density at radius 2 is 1.29 bits per heavy atom. The Balaban J connectivity index is 1.24. The Kier molecular flexibility index (Phi) is 6.65. The summed E-state index contributed by atoms with van der Waals surface area (Å²) in [7, 11) is 0. The highest BCUT2D eigenvalue weighted by molar-refractivity contribution is 5.92. The van der Waals surface area contributed by atoms with Gasteiger partial charge in [-0.3, -0.25) is 4.79 Å². The number of para-hydroxylation sites is 1. The molecule has 31 heavy (non-hydrogen) atoms. The topological polar surface area (TPSA) is 56.8 Å². The van der Waals surface area contributed by atoms with Gasteiger partial charge in [-0.1, -0.05) is 54.6 Å². The van der Waals surface area contributed by atoms with Gasteiger partial charge in [0.1, 0.15) is 30.5 Å². The summed E-state index contributed by atoms with van der Waals surface area (Å²) in [6.07, 6.45) is 0. The molecule has 4 aromatic carbocycles. The van der Waals surface area contributed by atoms with Crippen molar-refractivity contribution < 1.29 is 19.0 Å². The molecular formula is C26H23NO4. The average Bonchev–Trinajstić information content (AvgIpc) is 2.81. The highest BCUT2D eigenvalue weighted by atomic mass is 16.5. The SMILES string of the molecule is O=C(COc1ccc2ccccc2c1)Nc1cccc(OCCOc2ccccc2)c1. The summed E-state index contributed by atoms with van der Waals surface area (Å²) in [5.74, 6) is 1.88. The van der Waals surface area contributed by atoms with E-state index in [1.54, 1.807) is 12.1 Å². The van der Waals surface area contributed by atoms with Crippen LogP contribution in [0.3, 0.4) is 0 Å². The molecule has 0 saturated carbocycles. The molecule has 1 N–H and O–H groups in total. The second kappa shape index (κ2) is 10.2. The van der Waals surface area contributed by atoms with Gasteiger partial charge < -0.3 is 19.5 Å². The summed E-state index contributed by atoms with van der Waals surface area (Å²) in [6, 6.07) is 30.6. The lowest BCUT2D eigenvalue weighted by Crippen LogP contribution is -2.20. The zero-order valence-electron chi connectivity index (χ0n) is 17.0. The zero-order valence-corrected chi connectivity index (χ0v) is 17.0. The summed E-state index contributed by atoms with van der Waals surface area (Å²) in [5, 5.41) is 5.03. The van der Waals surface area contributed by atoms with E-state index in [2.05, 4.69) is 5.32 Å². The minimum Gasteiger partial charge on any atom is -0.490 e. The Morgan fingerprint density at radius 3 is 2.13 bits per heavy atom. The van der Waals surface area contributed by atoms with Crippen molar-refractivity contribution in [3.63, 3.8) is 0 Å². The number of fused-ring (bicyclic) bond motifs is 1. The first-order valence-corrected chi connectivity index (χ1v) is 10.1. The molecule has 0 atom stereocenters. The fourth-order valence-electron chi connectivity index (χ4n) is 3.10. The van der Waals surface area contributed by atoms with Crippen LogP contribution in [-0.2, 0) is 4.79 Å². The van der Waals surface area contributed by atoms with E-state index in [1.807, 2.05) is 84.9 Å². The van der Waals surface area contributed by atoms with Gasteiger partial charge in [-0.05, 0) is 47.2 Å². The third-order valence-corrected chi connectivity index (χ3v) is 4.57. The van der Waals surface area contributed by atoms with Gasteiger partial charge in [-0.15, -0.1) is 0 Å². The van der Waals surface area contributed by atoms with Crippen LogP contribution in [0.15, 0.2) is 97.1 Å². The van der Waals surface area contributed by atoms with Crippen LogP contribution in [0.25, 0.3) is 10.8 Å². The molecular weight excluding hydrogens is 390 g/mol. The summed E-state index contributed by atoms with van der Waals surface area (Å²) >= 11 is 0. The number of hydrogen-bond acceptors (Lipinski definition) is 4. The largest absolute Gasteiger partial charge is 0.490 e. The number of benzene rings is 4. The lowest BCUT2D eigenvalue weighted by molar-refractivity contribution is -0.118. The Hall–Kier alpha value is -3.99. The maximum Gasteiger partial charge on any atom is 0.262 e. The lowest BCUT2D eigenvalue weighted by Gasteiger charge is -2.11. The second-order valence-electron chi connectivity index (χ2n) is 6.88. The molecule has 0 saturated heterocycles. The number of anilines is 1. The van der Waals surface area contributed by atoms with E-state index in [0.717, 1.165) is 16.5 Å². The van der Waals surface area contributed by atoms with Crippen molar-refractivity contribution in [2.45, 2.75) is 0 Å². The van der Waals surface area contributed by atoms with Crippen LogP contribution in [0, 0.1) is 0 Å². The summed E-state index contributed by atoms with van der Waals surface area (Å²) in [6.45, 7) is 0.756. The predicted octanol–water partition coefficient (Wildman–Crippen LogP) is 5.32. The molecule has 0 spiro atoms. The van der Waals surface area contributed by atoms with Crippen molar-refractivity contribution in [3.05, 3.63) is 97.1 Å². The van der Waals surface area contributed by atoms with E-state index in [4.69, 9.17) is 14.2 Å². The van der Waals surface area contributed by atoms with Crippen molar-refractivity contribution in [3.8, 4) is 17.2 Å². The quantitative estimate of drug-likeness (QED) is 0.378. The molecule has 0 aliphatic carbocycles. The molecule has 0 radical (unpaired) electrons. The molecule has 5 nitrogen and oxygen atoms in total. The maximum atomic E-state index is 12.3. The van der Waals surface area contributed by atoms with E-state index in [-0.39, 0.29) is 12.5 Å². The van der Waals surface area contributed by atoms with Gasteiger partial charge in [0.25, 0.3) is 5.91 Å². The highest BCUT2D eigenvalue weighted by Gasteiger charge is 2.06. The number of carbonyl (C=O) groups excluding carboxylic acids is 1. The van der Waals surface area contributed by atoms with E-state index in [1.165, 1.54) is 0 Å². The van der Waals surface area contributed by atoms with E-state index >= 15 is 0 Å². The van der Waals surface area contributed by atoms with Gasteiger partial charge in [0, 0.05) is 11.8 Å². The van der Waals surface area contributed by atoms with Crippen LogP contribution in [-0.4, -0.2) is 25.7 Å². The number of ether oxygens (including phenoxy) is 3. The third kappa shape index (κ3) is 6.00. The summed E-state index contributed by atoms with van der Waals surface area (Å²) in [4.78, 5) is 12.3. The Bertz CT molecular complexity index is 1140. The smallest absolute Gasteiger partial charge is 0.262 e. The zero-order chi connectivity index (χ0) is 21.3. The monoisotopic (exact) mass is 413 g/mol.